The van der Waals surface area contributed by atoms with E-state index in [2.05, 4.69) is 25.1 Å². The molecular weight excluding hydrogens is 457 g/mol. The molecule has 4 aromatic rings. The van der Waals surface area contributed by atoms with E-state index in [4.69, 9.17) is 0 Å². The molecule has 170 valence electrons. The summed E-state index contributed by atoms with van der Waals surface area (Å²) in [5.74, 6) is 1.63. The smallest absolute Gasteiger partial charge is 0.340 e. The molecule has 0 aliphatic carbocycles. The molecule has 0 saturated carbocycles. The number of rotatable bonds is 6. The van der Waals surface area contributed by atoms with Crippen LogP contribution < -0.4 is 10.0 Å². The van der Waals surface area contributed by atoms with E-state index in [-0.39, 0.29) is 10.6 Å². The lowest BCUT2D eigenvalue weighted by molar-refractivity contribution is -0.137. The van der Waals surface area contributed by atoms with Gasteiger partial charge in [-0.3, -0.25) is 4.72 Å². The fraction of sp³-hybridized carbons (Fsp3) is 0.0952. The Morgan fingerprint density at radius 2 is 1.61 bits per heavy atom. The standard InChI is InChI=1S/C21H17F3N6O2S/c1-14-26-19(13-20(27-14)30-12-2-11-25-30)28-16-5-7-17(8-6-16)29-33(31,32)18-9-3-15(4-10-18)21(22,23)24/h2-13,29H,1H3,(H,26,27,28). The zero-order valence-electron chi connectivity index (χ0n) is 17.1. The third-order valence-electron chi connectivity index (χ3n) is 4.47. The van der Waals surface area contributed by atoms with Crippen molar-refractivity contribution in [3.8, 4) is 5.82 Å². The van der Waals surface area contributed by atoms with Gasteiger partial charge < -0.3 is 5.32 Å². The molecule has 0 spiro atoms. The predicted octanol–water partition coefficient (Wildman–Crippen LogP) is 4.53. The summed E-state index contributed by atoms with van der Waals surface area (Å²) in [6.45, 7) is 1.75. The Kier molecular flexibility index (Phi) is 5.77. The maximum absolute atomic E-state index is 12.7. The van der Waals surface area contributed by atoms with E-state index in [1.165, 1.54) is 12.1 Å². The minimum absolute atomic E-state index is 0.247. The molecule has 2 aromatic heterocycles. The van der Waals surface area contributed by atoms with Crippen molar-refractivity contribution in [2.75, 3.05) is 10.0 Å². The monoisotopic (exact) mass is 474 g/mol. The van der Waals surface area contributed by atoms with Crippen molar-refractivity contribution < 1.29 is 21.6 Å². The van der Waals surface area contributed by atoms with Gasteiger partial charge in [0, 0.05) is 29.8 Å². The average molecular weight is 474 g/mol. The number of alkyl halides is 3. The normalized spacial score (nSPS) is 11.9. The van der Waals surface area contributed by atoms with Crippen LogP contribution in [0.25, 0.3) is 5.82 Å². The van der Waals surface area contributed by atoms with E-state index in [1.54, 1.807) is 48.3 Å². The highest BCUT2D eigenvalue weighted by Gasteiger charge is 2.30. The first-order valence-electron chi connectivity index (χ1n) is 9.53. The van der Waals surface area contributed by atoms with Crippen LogP contribution in [0.5, 0.6) is 0 Å². The summed E-state index contributed by atoms with van der Waals surface area (Å²) in [5, 5.41) is 7.25. The van der Waals surface area contributed by atoms with Gasteiger partial charge >= 0.3 is 6.18 Å². The topological polar surface area (TPSA) is 102 Å². The van der Waals surface area contributed by atoms with Crippen molar-refractivity contribution in [3.05, 3.63) is 84.4 Å². The highest BCUT2D eigenvalue weighted by Crippen LogP contribution is 2.30. The summed E-state index contributed by atoms with van der Waals surface area (Å²) >= 11 is 0. The lowest BCUT2D eigenvalue weighted by Crippen LogP contribution is -2.13. The molecule has 0 amide bonds. The van der Waals surface area contributed by atoms with Crippen LogP contribution in [0, 0.1) is 6.92 Å². The summed E-state index contributed by atoms with van der Waals surface area (Å²) in [4.78, 5) is 8.38. The molecule has 0 radical (unpaired) electrons. The van der Waals surface area contributed by atoms with Crippen LogP contribution in [-0.4, -0.2) is 28.2 Å². The van der Waals surface area contributed by atoms with Crippen LogP contribution in [-0.2, 0) is 16.2 Å². The number of halogens is 3. The van der Waals surface area contributed by atoms with Crippen molar-refractivity contribution >= 4 is 27.2 Å². The Balaban J connectivity index is 1.48. The van der Waals surface area contributed by atoms with Gasteiger partial charge in [-0.15, -0.1) is 0 Å². The fourth-order valence-electron chi connectivity index (χ4n) is 2.94. The molecule has 0 bridgehead atoms. The molecule has 0 aliphatic rings. The zero-order valence-corrected chi connectivity index (χ0v) is 17.9. The third-order valence-corrected chi connectivity index (χ3v) is 5.86. The SMILES string of the molecule is Cc1nc(Nc2ccc(NS(=O)(=O)c3ccc(C(F)(F)F)cc3)cc2)cc(-n2cccn2)n1. The molecule has 0 unspecified atom stereocenters. The Morgan fingerprint density at radius 3 is 2.21 bits per heavy atom. The summed E-state index contributed by atoms with van der Waals surface area (Å²) in [5.41, 5.74) is -0.0407. The van der Waals surface area contributed by atoms with E-state index in [0.29, 0.717) is 23.1 Å². The maximum Gasteiger partial charge on any atom is 0.416 e. The second-order valence-corrected chi connectivity index (χ2v) is 8.62. The second kappa shape index (κ2) is 8.54. The number of nitrogens with one attached hydrogen (secondary N) is 2. The lowest BCUT2D eigenvalue weighted by atomic mass is 10.2. The van der Waals surface area contributed by atoms with Crippen LogP contribution in [0.1, 0.15) is 11.4 Å². The summed E-state index contributed by atoms with van der Waals surface area (Å²) in [7, 11) is -4.05. The molecule has 0 saturated heterocycles. The van der Waals surface area contributed by atoms with Gasteiger partial charge in [0.15, 0.2) is 5.82 Å². The highest BCUT2D eigenvalue weighted by atomic mass is 32.2. The highest BCUT2D eigenvalue weighted by molar-refractivity contribution is 7.92. The van der Waals surface area contributed by atoms with Crippen LogP contribution in [0.3, 0.4) is 0 Å². The molecule has 2 heterocycles. The molecule has 4 rings (SSSR count). The first kappa shape index (κ1) is 22.3. The van der Waals surface area contributed by atoms with Crippen LogP contribution in [0.2, 0.25) is 0 Å². The minimum Gasteiger partial charge on any atom is -0.340 e. The van der Waals surface area contributed by atoms with Gasteiger partial charge in [0.05, 0.1) is 10.5 Å². The molecule has 12 heteroatoms. The Morgan fingerprint density at radius 1 is 0.939 bits per heavy atom. The molecular formula is C21H17F3N6O2S. The number of anilines is 3. The van der Waals surface area contributed by atoms with E-state index < -0.39 is 21.8 Å². The Hall–Kier alpha value is -3.93. The molecule has 8 nitrogen and oxygen atoms in total. The quantitative estimate of drug-likeness (QED) is 0.426. The first-order chi connectivity index (χ1) is 15.6. The molecule has 33 heavy (non-hydrogen) atoms. The first-order valence-corrected chi connectivity index (χ1v) is 11.0. The number of benzene rings is 2. The largest absolute Gasteiger partial charge is 0.416 e. The number of aryl methyl sites for hydroxylation is 1. The van der Waals surface area contributed by atoms with E-state index in [1.807, 2.05) is 0 Å². The number of hydrogen-bond donors (Lipinski definition) is 2. The van der Waals surface area contributed by atoms with E-state index >= 15 is 0 Å². The van der Waals surface area contributed by atoms with Crippen molar-refractivity contribution in [1.29, 1.82) is 0 Å². The molecule has 2 aromatic carbocycles. The Bertz CT molecular complexity index is 1350. The minimum atomic E-state index is -4.54. The van der Waals surface area contributed by atoms with Gasteiger partial charge in [0.2, 0.25) is 0 Å². The lowest BCUT2D eigenvalue weighted by Gasteiger charge is -2.12. The van der Waals surface area contributed by atoms with E-state index in [0.717, 1.165) is 24.3 Å². The second-order valence-electron chi connectivity index (χ2n) is 6.94. The van der Waals surface area contributed by atoms with E-state index in [9.17, 15) is 21.6 Å². The van der Waals surface area contributed by atoms with Crippen LogP contribution >= 0.6 is 0 Å². The van der Waals surface area contributed by atoms with Crippen LogP contribution in [0.15, 0.2) is 78.0 Å². The van der Waals surface area contributed by atoms with Crippen molar-refractivity contribution in [3.63, 3.8) is 0 Å². The van der Waals surface area contributed by atoms with Crippen molar-refractivity contribution in [1.82, 2.24) is 19.7 Å². The van der Waals surface area contributed by atoms with Gasteiger partial charge in [0.25, 0.3) is 10.0 Å². The molecule has 2 N–H and O–H groups in total. The number of nitrogens with zero attached hydrogens (tertiary/aromatic N) is 4. The molecule has 0 fully saturated rings. The van der Waals surface area contributed by atoms with Crippen molar-refractivity contribution in [2.24, 2.45) is 0 Å². The maximum atomic E-state index is 12.7. The van der Waals surface area contributed by atoms with Gasteiger partial charge in [-0.25, -0.2) is 23.1 Å². The summed E-state index contributed by atoms with van der Waals surface area (Å²) in [6.07, 6.45) is -1.15. The van der Waals surface area contributed by atoms with Gasteiger partial charge in [-0.1, -0.05) is 0 Å². The predicted molar refractivity (Wildman–Crippen MR) is 116 cm³/mol. The third kappa shape index (κ3) is 5.29. The van der Waals surface area contributed by atoms with Gasteiger partial charge in [-0.05, 0) is 61.5 Å². The molecule has 0 aliphatic heterocycles. The van der Waals surface area contributed by atoms with Crippen molar-refractivity contribution in [2.45, 2.75) is 18.0 Å². The number of aromatic nitrogens is 4. The molecule has 0 atom stereocenters. The fourth-order valence-corrected chi connectivity index (χ4v) is 4.00. The average Bonchev–Trinajstić information content (AvgIpc) is 3.29. The number of hydrogen-bond acceptors (Lipinski definition) is 6. The Labute approximate surface area is 187 Å². The van der Waals surface area contributed by atoms with Crippen LogP contribution in [0.4, 0.5) is 30.4 Å². The van der Waals surface area contributed by atoms with Gasteiger partial charge in [-0.2, -0.15) is 18.3 Å². The number of sulfonamides is 1. The zero-order chi connectivity index (χ0) is 23.6. The summed E-state index contributed by atoms with van der Waals surface area (Å²) < 4.78 is 67.0. The summed E-state index contributed by atoms with van der Waals surface area (Å²) in [6, 6.07) is 13.1. The van der Waals surface area contributed by atoms with Gasteiger partial charge in [0.1, 0.15) is 11.6 Å².